The van der Waals surface area contributed by atoms with Crippen molar-refractivity contribution < 1.29 is 4.79 Å². The van der Waals surface area contributed by atoms with Gasteiger partial charge in [-0.25, -0.2) is 0 Å². The van der Waals surface area contributed by atoms with E-state index in [1.165, 1.54) is 24.8 Å². The molecular formula is C17H26N2O. The Morgan fingerprint density at radius 3 is 2.60 bits per heavy atom. The first-order valence-corrected chi connectivity index (χ1v) is 7.68. The molecule has 20 heavy (non-hydrogen) atoms. The fraction of sp³-hybridized carbons (Fsp3) is 0.588. The van der Waals surface area contributed by atoms with Crippen molar-refractivity contribution in [1.82, 2.24) is 10.6 Å². The van der Waals surface area contributed by atoms with Gasteiger partial charge in [-0.2, -0.15) is 0 Å². The summed E-state index contributed by atoms with van der Waals surface area (Å²) >= 11 is 0. The summed E-state index contributed by atoms with van der Waals surface area (Å²) in [5.41, 5.74) is 1.47. The molecule has 3 heteroatoms. The molecule has 0 aliphatic heterocycles. The van der Waals surface area contributed by atoms with Crippen molar-refractivity contribution in [2.75, 3.05) is 13.1 Å². The number of nitrogens with one attached hydrogen (secondary N) is 2. The van der Waals surface area contributed by atoms with Crippen LogP contribution >= 0.6 is 0 Å². The highest BCUT2D eigenvalue weighted by Crippen LogP contribution is 2.35. The maximum absolute atomic E-state index is 10.8. The predicted octanol–water partition coefficient (Wildman–Crippen LogP) is 2.68. The van der Waals surface area contributed by atoms with Crippen molar-refractivity contribution in [3.63, 3.8) is 0 Å². The van der Waals surface area contributed by atoms with E-state index in [1.807, 2.05) is 0 Å². The van der Waals surface area contributed by atoms with Crippen LogP contribution in [0, 0.1) is 5.92 Å². The number of hydrogen-bond donors (Lipinski definition) is 2. The van der Waals surface area contributed by atoms with Gasteiger partial charge >= 0.3 is 0 Å². The van der Waals surface area contributed by atoms with E-state index < -0.39 is 0 Å². The van der Waals surface area contributed by atoms with E-state index >= 15 is 0 Å². The fourth-order valence-corrected chi connectivity index (χ4v) is 3.28. The van der Waals surface area contributed by atoms with Crippen molar-refractivity contribution >= 4 is 5.91 Å². The molecule has 0 heterocycles. The number of carbonyl (C=O) groups excluding carboxylic acids is 1. The molecule has 1 fully saturated rings. The lowest BCUT2D eigenvalue weighted by atomic mass is 9.76. The zero-order valence-electron chi connectivity index (χ0n) is 12.6. The minimum atomic E-state index is 0.0472. The molecule has 1 aliphatic carbocycles. The van der Waals surface area contributed by atoms with Gasteiger partial charge in [0.25, 0.3) is 0 Å². The molecule has 0 bridgehead atoms. The van der Waals surface area contributed by atoms with Gasteiger partial charge in [-0.1, -0.05) is 37.3 Å². The molecule has 0 radical (unpaired) electrons. The van der Waals surface area contributed by atoms with Gasteiger partial charge in [-0.3, -0.25) is 4.79 Å². The number of rotatable bonds is 5. The third-order valence-corrected chi connectivity index (χ3v) is 4.15. The summed E-state index contributed by atoms with van der Waals surface area (Å²) in [5.74, 6) is 1.47. The van der Waals surface area contributed by atoms with E-state index in [9.17, 15) is 4.79 Å². The van der Waals surface area contributed by atoms with Gasteiger partial charge in [0.05, 0.1) is 0 Å². The Bertz CT molecular complexity index is 418. The number of hydrogen-bond acceptors (Lipinski definition) is 2. The van der Waals surface area contributed by atoms with Gasteiger partial charge in [0.1, 0.15) is 0 Å². The van der Waals surface area contributed by atoms with Crippen LogP contribution in [0.1, 0.15) is 44.6 Å². The maximum Gasteiger partial charge on any atom is 0.216 e. The van der Waals surface area contributed by atoms with Gasteiger partial charge in [0, 0.05) is 26.1 Å². The smallest absolute Gasteiger partial charge is 0.216 e. The van der Waals surface area contributed by atoms with E-state index in [-0.39, 0.29) is 5.91 Å². The molecule has 3 nitrogen and oxygen atoms in total. The molecule has 0 saturated heterocycles. The van der Waals surface area contributed by atoms with E-state index in [2.05, 4.69) is 47.9 Å². The predicted molar refractivity (Wildman–Crippen MR) is 82.7 cm³/mol. The molecule has 1 saturated carbocycles. The summed E-state index contributed by atoms with van der Waals surface area (Å²) in [6.45, 7) is 5.49. The number of benzene rings is 1. The van der Waals surface area contributed by atoms with Crippen LogP contribution in [-0.4, -0.2) is 25.0 Å². The Labute approximate surface area is 122 Å². The zero-order valence-corrected chi connectivity index (χ0v) is 12.6. The zero-order chi connectivity index (χ0) is 14.4. The van der Waals surface area contributed by atoms with Crippen LogP contribution in [0.2, 0.25) is 0 Å². The van der Waals surface area contributed by atoms with Gasteiger partial charge in [-0.05, 0) is 36.7 Å². The van der Waals surface area contributed by atoms with Crippen molar-refractivity contribution in [1.29, 1.82) is 0 Å². The minimum absolute atomic E-state index is 0.0472. The second kappa shape index (κ2) is 7.44. The SMILES string of the molecule is CC(=O)NCCNC1CC(C)CC(c2ccccc2)C1. The van der Waals surface area contributed by atoms with Crippen molar-refractivity contribution in [2.24, 2.45) is 5.92 Å². The van der Waals surface area contributed by atoms with Gasteiger partial charge < -0.3 is 10.6 Å². The second-order valence-electron chi connectivity index (χ2n) is 6.05. The van der Waals surface area contributed by atoms with Crippen LogP contribution in [0.25, 0.3) is 0 Å². The summed E-state index contributed by atoms with van der Waals surface area (Å²) in [6, 6.07) is 11.4. The third-order valence-electron chi connectivity index (χ3n) is 4.15. The highest BCUT2D eigenvalue weighted by Gasteiger charge is 2.26. The number of amides is 1. The molecule has 110 valence electrons. The number of carbonyl (C=O) groups is 1. The van der Waals surface area contributed by atoms with Crippen molar-refractivity contribution in [2.45, 2.75) is 45.1 Å². The van der Waals surface area contributed by atoms with Crippen molar-refractivity contribution in [3.05, 3.63) is 35.9 Å². The molecular weight excluding hydrogens is 248 g/mol. The first-order valence-electron chi connectivity index (χ1n) is 7.68. The Morgan fingerprint density at radius 1 is 1.15 bits per heavy atom. The van der Waals surface area contributed by atoms with Crippen LogP contribution in [0.15, 0.2) is 30.3 Å². The average molecular weight is 274 g/mol. The topological polar surface area (TPSA) is 41.1 Å². The quantitative estimate of drug-likeness (QED) is 0.811. The lowest BCUT2D eigenvalue weighted by Crippen LogP contribution is -2.40. The van der Waals surface area contributed by atoms with Crippen LogP contribution in [0.3, 0.4) is 0 Å². The van der Waals surface area contributed by atoms with Crippen LogP contribution in [0.5, 0.6) is 0 Å². The normalized spacial score (nSPS) is 26.2. The molecule has 1 aromatic rings. The lowest BCUT2D eigenvalue weighted by molar-refractivity contribution is -0.118. The summed E-state index contributed by atoms with van der Waals surface area (Å²) in [4.78, 5) is 10.8. The van der Waals surface area contributed by atoms with Crippen LogP contribution in [0.4, 0.5) is 0 Å². The lowest BCUT2D eigenvalue weighted by Gasteiger charge is -2.34. The molecule has 1 amide bonds. The molecule has 1 aromatic carbocycles. The van der Waals surface area contributed by atoms with Crippen LogP contribution in [-0.2, 0) is 4.79 Å². The van der Waals surface area contributed by atoms with E-state index in [4.69, 9.17) is 0 Å². The second-order valence-corrected chi connectivity index (χ2v) is 6.05. The molecule has 0 spiro atoms. The summed E-state index contributed by atoms with van der Waals surface area (Å²) in [7, 11) is 0. The Balaban J connectivity index is 1.83. The summed E-state index contributed by atoms with van der Waals surface area (Å²) in [6.07, 6.45) is 3.73. The van der Waals surface area contributed by atoms with Crippen molar-refractivity contribution in [3.8, 4) is 0 Å². The molecule has 0 aromatic heterocycles. The third kappa shape index (κ3) is 4.64. The standard InChI is InChI=1S/C17H26N2O/c1-13-10-16(15-6-4-3-5-7-15)12-17(11-13)19-9-8-18-14(2)20/h3-7,13,16-17,19H,8-12H2,1-2H3,(H,18,20). The van der Waals surface area contributed by atoms with Gasteiger partial charge in [-0.15, -0.1) is 0 Å². The fourth-order valence-electron chi connectivity index (χ4n) is 3.28. The molecule has 1 aliphatic rings. The monoisotopic (exact) mass is 274 g/mol. The molecule has 2 rings (SSSR count). The first-order chi connectivity index (χ1) is 9.65. The molecule has 3 atom stereocenters. The van der Waals surface area contributed by atoms with E-state index in [0.29, 0.717) is 12.0 Å². The van der Waals surface area contributed by atoms with Crippen LogP contribution < -0.4 is 10.6 Å². The largest absolute Gasteiger partial charge is 0.355 e. The Morgan fingerprint density at radius 2 is 1.90 bits per heavy atom. The van der Waals surface area contributed by atoms with Gasteiger partial charge in [0.15, 0.2) is 0 Å². The minimum Gasteiger partial charge on any atom is -0.355 e. The Hall–Kier alpha value is -1.35. The maximum atomic E-state index is 10.8. The highest BCUT2D eigenvalue weighted by atomic mass is 16.1. The average Bonchev–Trinajstić information content (AvgIpc) is 2.44. The molecule has 2 N–H and O–H groups in total. The summed E-state index contributed by atoms with van der Waals surface area (Å²) < 4.78 is 0. The molecule has 3 unspecified atom stereocenters. The highest BCUT2D eigenvalue weighted by molar-refractivity contribution is 5.72. The van der Waals surface area contributed by atoms with E-state index in [0.717, 1.165) is 19.0 Å². The Kier molecular flexibility index (Phi) is 5.60. The first kappa shape index (κ1) is 15.0. The van der Waals surface area contributed by atoms with E-state index in [1.54, 1.807) is 6.92 Å². The van der Waals surface area contributed by atoms with Gasteiger partial charge in [0.2, 0.25) is 5.91 Å². The summed E-state index contributed by atoms with van der Waals surface area (Å²) in [5, 5.41) is 6.43.